The van der Waals surface area contributed by atoms with Crippen LogP contribution in [0.3, 0.4) is 0 Å². The second kappa shape index (κ2) is 6.36. The van der Waals surface area contributed by atoms with E-state index in [1.807, 2.05) is 12.4 Å². The number of pyridine rings is 1. The summed E-state index contributed by atoms with van der Waals surface area (Å²) in [5, 5.41) is 3.45. The molecule has 0 unspecified atom stereocenters. The number of aromatic nitrogens is 2. The number of nitrogens with one attached hydrogen (secondary N) is 1. The van der Waals surface area contributed by atoms with Crippen LogP contribution in [0, 0.1) is 5.92 Å². The Hall–Kier alpha value is -1.61. The molecule has 0 fully saturated rings. The molecule has 2 heterocycles. The summed E-state index contributed by atoms with van der Waals surface area (Å²) in [5.41, 5.74) is 2.62. The van der Waals surface area contributed by atoms with Gasteiger partial charge in [-0.15, -0.1) is 0 Å². The molecule has 0 amide bonds. The fourth-order valence-electron chi connectivity index (χ4n) is 1.90. The van der Waals surface area contributed by atoms with E-state index in [-0.39, 0.29) is 0 Å². The van der Waals surface area contributed by atoms with E-state index in [4.69, 9.17) is 0 Å². The minimum absolute atomic E-state index is 0.698. The van der Waals surface area contributed by atoms with Gasteiger partial charge in [-0.2, -0.15) is 0 Å². The molecule has 0 aliphatic carbocycles. The van der Waals surface area contributed by atoms with Gasteiger partial charge in [-0.05, 0) is 41.8 Å². The third-order valence-corrected chi connectivity index (χ3v) is 2.81. The molecule has 3 heteroatoms. The van der Waals surface area contributed by atoms with E-state index >= 15 is 0 Å². The summed E-state index contributed by atoms with van der Waals surface area (Å²) in [6, 6.07) is 6.28. The van der Waals surface area contributed by atoms with Gasteiger partial charge in [-0.3, -0.25) is 4.98 Å². The van der Waals surface area contributed by atoms with Gasteiger partial charge in [0, 0.05) is 37.9 Å². The minimum atomic E-state index is 0.698. The van der Waals surface area contributed by atoms with Gasteiger partial charge < -0.3 is 9.88 Å². The molecule has 2 aromatic heterocycles. The summed E-state index contributed by atoms with van der Waals surface area (Å²) in [6.07, 6.45) is 8.01. The van der Waals surface area contributed by atoms with Crippen molar-refractivity contribution >= 4 is 0 Å². The summed E-state index contributed by atoms with van der Waals surface area (Å²) >= 11 is 0. The second-order valence-corrected chi connectivity index (χ2v) is 5.07. The minimum Gasteiger partial charge on any atom is -0.350 e. The fraction of sp³-hybridized carbons (Fsp3) is 0.400. The Bertz CT molecular complexity index is 460. The van der Waals surface area contributed by atoms with Crippen LogP contribution in [0.1, 0.15) is 25.0 Å². The van der Waals surface area contributed by atoms with Crippen molar-refractivity contribution in [1.29, 1.82) is 0 Å². The highest BCUT2D eigenvalue weighted by Gasteiger charge is 1.99. The number of hydrogen-bond donors (Lipinski definition) is 1. The van der Waals surface area contributed by atoms with Crippen molar-refractivity contribution in [3.05, 3.63) is 54.1 Å². The lowest BCUT2D eigenvalue weighted by atomic mass is 10.2. The zero-order valence-electron chi connectivity index (χ0n) is 11.1. The number of hydrogen-bond acceptors (Lipinski definition) is 2. The maximum absolute atomic E-state index is 4.03. The summed E-state index contributed by atoms with van der Waals surface area (Å²) in [4.78, 5) is 4.03. The standard InChI is InChI=1S/C15H21N3/c1-13(2)9-17-10-15-5-8-18(12-15)11-14-3-6-16-7-4-14/h3-8,12-13,17H,9-11H2,1-2H3. The molecule has 96 valence electrons. The van der Waals surface area contributed by atoms with Gasteiger partial charge in [0.05, 0.1) is 0 Å². The maximum Gasteiger partial charge on any atom is 0.0471 e. The normalized spacial score (nSPS) is 11.1. The topological polar surface area (TPSA) is 29.9 Å². The summed E-state index contributed by atoms with van der Waals surface area (Å²) in [7, 11) is 0. The zero-order chi connectivity index (χ0) is 12.8. The van der Waals surface area contributed by atoms with E-state index < -0.39 is 0 Å². The van der Waals surface area contributed by atoms with Crippen LogP contribution in [0.2, 0.25) is 0 Å². The number of rotatable bonds is 6. The molecule has 0 aromatic carbocycles. The van der Waals surface area contributed by atoms with Gasteiger partial charge in [0.15, 0.2) is 0 Å². The Kier molecular flexibility index (Phi) is 4.53. The van der Waals surface area contributed by atoms with Gasteiger partial charge in [0.25, 0.3) is 0 Å². The molecule has 0 radical (unpaired) electrons. The van der Waals surface area contributed by atoms with E-state index in [0.717, 1.165) is 19.6 Å². The Labute approximate surface area is 109 Å². The highest BCUT2D eigenvalue weighted by Crippen LogP contribution is 2.05. The van der Waals surface area contributed by atoms with Crippen LogP contribution in [0.5, 0.6) is 0 Å². The Morgan fingerprint density at radius 2 is 1.94 bits per heavy atom. The van der Waals surface area contributed by atoms with Crippen LogP contribution >= 0.6 is 0 Å². The molecule has 0 spiro atoms. The highest BCUT2D eigenvalue weighted by molar-refractivity contribution is 5.15. The van der Waals surface area contributed by atoms with Gasteiger partial charge >= 0.3 is 0 Å². The summed E-state index contributed by atoms with van der Waals surface area (Å²) in [6.45, 7) is 7.37. The average Bonchev–Trinajstić information content (AvgIpc) is 2.78. The van der Waals surface area contributed by atoms with Crippen LogP contribution in [-0.4, -0.2) is 16.1 Å². The van der Waals surface area contributed by atoms with Crippen LogP contribution in [0.4, 0.5) is 0 Å². The van der Waals surface area contributed by atoms with E-state index in [1.165, 1.54) is 11.1 Å². The molecule has 0 saturated carbocycles. The summed E-state index contributed by atoms with van der Waals surface area (Å²) in [5.74, 6) is 0.698. The SMILES string of the molecule is CC(C)CNCc1ccn(Cc2ccncc2)c1. The fourth-order valence-corrected chi connectivity index (χ4v) is 1.90. The van der Waals surface area contributed by atoms with Crippen molar-refractivity contribution in [1.82, 2.24) is 14.9 Å². The molecule has 18 heavy (non-hydrogen) atoms. The van der Waals surface area contributed by atoms with Crippen LogP contribution in [-0.2, 0) is 13.1 Å². The van der Waals surface area contributed by atoms with Gasteiger partial charge in [0.1, 0.15) is 0 Å². The first-order chi connectivity index (χ1) is 8.74. The average molecular weight is 243 g/mol. The first kappa shape index (κ1) is 12.8. The molecular formula is C15H21N3. The van der Waals surface area contributed by atoms with Crippen molar-refractivity contribution in [2.45, 2.75) is 26.9 Å². The molecule has 0 aliphatic rings. The van der Waals surface area contributed by atoms with Crippen molar-refractivity contribution < 1.29 is 0 Å². The van der Waals surface area contributed by atoms with Crippen LogP contribution in [0.25, 0.3) is 0 Å². The molecule has 0 atom stereocenters. The van der Waals surface area contributed by atoms with Crippen molar-refractivity contribution in [3.8, 4) is 0 Å². The molecular weight excluding hydrogens is 222 g/mol. The van der Waals surface area contributed by atoms with Crippen molar-refractivity contribution in [2.24, 2.45) is 5.92 Å². The molecule has 0 aliphatic heterocycles. The predicted molar refractivity (Wildman–Crippen MR) is 74.3 cm³/mol. The number of nitrogens with zero attached hydrogens (tertiary/aromatic N) is 2. The monoisotopic (exact) mass is 243 g/mol. The third-order valence-electron chi connectivity index (χ3n) is 2.81. The van der Waals surface area contributed by atoms with Gasteiger partial charge in [-0.1, -0.05) is 13.8 Å². The second-order valence-electron chi connectivity index (χ2n) is 5.07. The third kappa shape index (κ3) is 4.00. The lowest BCUT2D eigenvalue weighted by Crippen LogP contribution is -2.18. The molecule has 1 N–H and O–H groups in total. The molecule has 0 saturated heterocycles. The van der Waals surface area contributed by atoms with Crippen LogP contribution < -0.4 is 5.32 Å². The molecule has 0 bridgehead atoms. The predicted octanol–water partition coefficient (Wildman–Crippen LogP) is 2.68. The van der Waals surface area contributed by atoms with E-state index in [9.17, 15) is 0 Å². The van der Waals surface area contributed by atoms with E-state index in [1.54, 1.807) is 0 Å². The highest BCUT2D eigenvalue weighted by atomic mass is 14.9. The van der Waals surface area contributed by atoms with Crippen molar-refractivity contribution in [2.75, 3.05) is 6.54 Å². The maximum atomic E-state index is 4.03. The first-order valence-corrected chi connectivity index (χ1v) is 6.48. The summed E-state index contributed by atoms with van der Waals surface area (Å²) < 4.78 is 2.21. The lowest BCUT2D eigenvalue weighted by Gasteiger charge is -2.06. The smallest absolute Gasteiger partial charge is 0.0471 e. The Morgan fingerprint density at radius 3 is 2.67 bits per heavy atom. The quantitative estimate of drug-likeness (QED) is 0.845. The van der Waals surface area contributed by atoms with E-state index in [0.29, 0.717) is 5.92 Å². The van der Waals surface area contributed by atoms with Gasteiger partial charge in [0.2, 0.25) is 0 Å². The van der Waals surface area contributed by atoms with Gasteiger partial charge in [-0.25, -0.2) is 0 Å². The zero-order valence-corrected chi connectivity index (χ0v) is 11.1. The molecule has 2 rings (SSSR count). The van der Waals surface area contributed by atoms with Crippen LogP contribution in [0.15, 0.2) is 43.0 Å². The Morgan fingerprint density at radius 1 is 1.17 bits per heavy atom. The molecule has 2 aromatic rings. The first-order valence-electron chi connectivity index (χ1n) is 6.48. The Balaban J connectivity index is 1.86. The molecule has 3 nitrogen and oxygen atoms in total. The largest absolute Gasteiger partial charge is 0.350 e. The van der Waals surface area contributed by atoms with E-state index in [2.05, 4.69) is 59.3 Å². The van der Waals surface area contributed by atoms with Crippen molar-refractivity contribution in [3.63, 3.8) is 0 Å². The lowest BCUT2D eigenvalue weighted by molar-refractivity contribution is 0.552.